The molecule has 6 nitrogen and oxygen atoms in total. The summed E-state index contributed by atoms with van der Waals surface area (Å²) in [7, 11) is 0. The maximum Gasteiger partial charge on any atom is 0.266 e. The molecule has 2 amide bonds. The molecule has 0 N–H and O–H groups in total. The molecule has 0 fully saturated rings. The molecule has 150 valence electrons. The molecule has 3 aromatic rings. The highest BCUT2D eigenvalue weighted by atomic mass is 16.5. The summed E-state index contributed by atoms with van der Waals surface area (Å²) in [5.74, 6) is -0.299. The van der Waals surface area contributed by atoms with E-state index < -0.39 is 5.92 Å². The summed E-state index contributed by atoms with van der Waals surface area (Å²) < 4.78 is 5.68. The summed E-state index contributed by atoms with van der Waals surface area (Å²) in [5.41, 5.74) is 2.31. The van der Waals surface area contributed by atoms with Gasteiger partial charge in [0.2, 0.25) is 5.91 Å². The fraction of sp³-hybridized carbons (Fsp3) is 0.167. The molecule has 0 spiro atoms. The Hall–Kier alpha value is -3.80. The number of aliphatic imine (C=N–C) groups is 1. The lowest BCUT2D eigenvalue weighted by atomic mass is 9.89. The molecular formula is C24H21N3O3. The van der Waals surface area contributed by atoms with Crippen LogP contribution in [-0.4, -0.2) is 36.2 Å². The minimum Gasteiger partial charge on any atom is -0.492 e. The van der Waals surface area contributed by atoms with E-state index in [-0.39, 0.29) is 11.8 Å². The van der Waals surface area contributed by atoms with Gasteiger partial charge in [-0.25, -0.2) is 9.88 Å². The number of aromatic nitrogens is 1. The molecule has 1 unspecified atom stereocenters. The van der Waals surface area contributed by atoms with Crippen molar-refractivity contribution in [3.63, 3.8) is 0 Å². The third-order valence-corrected chi connectivity index (χ3v) is 4.86. The van der Waals surface area contributed by atoms with Crippen LogP contribution in [0.3, 0.4) is 0 Å². The highest BCUT2D eigenvalue weighted by molar-refractivity contribution is 6.28. The Morgan fingerprint density at radius 2 is 1.80 bits per heavy atom. The largest absolute Gasteiger partial charge is 0.492 e. The highest BCUT2D eigenvalue weighted by Crippen LogP contribution is 2.30. The van der Waals surface area contributed by atoms with E-state index in [1.165, 1.54) is 5.56 Å². The maximum absolute atomic E-state index is 13.2. The number of rotatable bonds is 6. The van der Waals surface area contributed by atoms with Gasteiger partial charge in [0.15, 0.2) is 0 Å². The molecule has 2 aromatic carbocycles. The van der Waals surface area contributed by atoms with Gasteiger partial charge in [0.25, 0.3) is 5.91 Å². The van der Waals surface area contributed by atoms with E-state index in [0.29, 0.717) is 30.1 Å². The van der Waals surface area contributed by atoms with E-state index in [4.69, 9.17) is 4.74 Å². The van der Waals surface area contributed by atoms with E-state index in [1.807, 2.05) is 37.3 Å². The first kappa shape index (κ1) is 19.5. The number of carbonyl (C=O) groups is 2. The van der Waals surface area contributed by atoms with E-state index >= 15 is 0 Å². The summed E-state index contributed by atoms with van der Waals surface area (Å²) in [4.78, 5) is 35.8. The quantitative estimate of drug-likeness (QED) is 0.359. The lowest BCUT2D eigenvalue weighted by molar-refractivity contribution is -0.118. The first-order valence-electron chi connectivity index (χ1n) is 9.73. The Morgan fingerprint density at radius 3 is 2.57 bits per heavy atom. The van der Waals surface area contributed by atoms with Crippen LogP contribution in [-0.2, 0) is 4.79 Å². The monoisotopic (exact) mass is 399 g/mol. The Labute approximate surface area is 174 Å². The van der Waals surface area contributed by atoms with Crippen LogP contribution >= 0.6 is 0 Å². The van der Waals surface area contributed by atoms with Gasteiger partial charge in [-0.1, -0.05) is 42.0 Å². The van der Waals surface area contributed by atoms with Crippen molar-refractivity contribution in [3.05, 3.63) is 89.6 Å². The van der Waals surface area contributed by atoms with Crippen molar-refractivity contribution < 1.29 is 14.3 Å². The zero-order valence-corrected chi connectivity index (χ0v) is 16.6. The van der Waals surface area contributed by atoms with Crippen LogP contribution in [0.4, 0.5) is 5.82 Å². The van der Waals surface area contributed by atoms with E-state index in [1.54, 1.807) is 48.8 Å². The second-order valence-corrected chi connectivity index (χ2v) is 6.95. The first-order chi connectivity index (χ1) is 14.6. The van der Waals surface area contributed by atoms with Crippen molar-refractivity contribution in [2.75, 3.05) is 18.1 Å². The Kier molecular flexibility index (Phi) is 5.66. The van der Waals surface area contributed by atoms with Crippen molar-refractivity contribution in [3.8, 4) is 5.75 Å². The fourth-order valence-electron chi connectivity index (χ4n) is 3.33. The fourth-order valence-corrected chi connectivity index (χ4v) is 3.33. The van der Waals surface area contributed by atoms with Gasteiger partial charge in [-0.3, -0.25) is 14.6 Å². The average molecular weight is 399 g/mol. The Balaban J connectivity index is 1.51. The summed E-state index contributed by atoms with van der Waals surface area (Å²) in [5, 5.41) is 0. The van der Waals surface area contributed by atoms with E-state index in [0.717, 1.165) is 10.6 Å². The number of imide groups is 1. The lowest BCUT2D eigenvalue weighted by Crippen LogP contribution is -2.46. The number of pyridine rings is 1. The minimum absolute atomic E-state index is 0.308. The van der Waals surface area contributed by atoms with Gasteiger partial charge in [-0.05, 0) is 42.8 Å². The molecule has 2 heterocycles. The lowest BCUT2D eigenvalue weighted by Gasteiger charge is -2.30. The van der Waals surface area contributed by atoms with Crippen LogP contribution in [0.5, 0.6) is 5.75 Å². The molecule has 0 aliphatic carbocycles. The molecule has 0 radical (unpaired) electrons. The summed E-state index contributed by atoms with van der Waals surface area (Å²) in [6, 6.07) is 20.0. The zero-order chi connectivity index (χ0) is 20.9. The molecule has 4 rings (SSSR count). The summed E-state index contributed by atoms with van der Waals surface area (Å²) in [6.07, 6.45) is 3.16. The molecule has 1 aromatic heterocycles. The van der Waals surface area contributed by atoms with Crippen molar-refractivity contribution in [1.82, 2.24) is 4.98 Å². The number of benzene rings is 2. The predicted molar refractivity (Wildman–Crippen MR) is 115 cm³/mol. The van der Waals surface area contributed by atoms with Crippen LogP contribution < -0.4 is 9.64 Å². The molecule has 1 aliphatic heterocycles. The molecule has 1 aliphatic rings. The number of ether oxygens (including phenoxy) is 1. The van der Waals surface area contributed by atoms with E-state index in [9.17, 15) is 9.59 Å². The number of hydrogen-bond acceptors (Lipinski definition) is 5. The SMILES string of the molecule is Cc1ccc(OCCN=CC2C(=O)N(c3ccccn3)C(=O)c3ccccc32)cc1. The normalized spacial score (nSPS) is 16.0. The molecular weight excluding hydrogens is 378 g/mol. The number of amides is 2. The third-order valence-electron chi connectivity index (χ3n) is 4.86. The van der Waals surface area contributed by atoms with Crippen LogP contribution in [0, 0.1) is 6.92 Å². The van der Waals surface area contributed by atoms with Gasteiger partial charge in [-0.2, -0.15) is 0 Å². The molecule has 1 atom stereocenters. The number of fused-ring (bicyclic) bond motifs is 1. The smallest absolute Gasteiger partial charge is 0.266 e. The van der Waals surface area contributed by atoms with Crippen LogP contribution in [0.1, 0.15) is 27.4 Å². The number of hydrogen-bond donors (Lipinski definition) is 0. The molecule has 30 heavy (non-hydrogen) atoms. The van der Waals surface area contributed by atoms with Gasteiger partial charge in [0, 0.05) is 18.0 Å². The summed E-state index contributed by atoms with van der Waals surface area (Å²) in [6.45, 7) is 2.81. The number of nitrogens with zero attached hydrogens (tertiary/aromatic N) is 3. The van der Waals surface area contributed by atoms with Gasteiger partial charge < -0.3 is 4.74 Å². The summed E-state index contributed by atoms with van der Waals surface area (Å²) >= 11 is 0. The Bertz CT molecular complexity index is 1080. The average Bonchev–Trinajstić information content (AvgIpc) is 2.78. The molecule has 6 heteroatoms. The van der Waals surface area contributed by atoms with Crippen molar-refractivity contribution >= 4 is 23.8 Å². The maximum atomic E-state index is 13.2. The predicted octanol–water partition coefficient (Wildman–Crippen LogP) is 3.81. The highest BCUT2D eigenvalue weighted by Gasteiger charge is 2.39. The van der Waals surface area contributed by atoms with E-state index in [2.05, 4.69) is 9.98 Å². The van der Waals surface area contributed by atoms with Crippen LogP contribution in [0.2, 0.25) is 0 Å². The molecule has 0 saturated heterocycles. The number of anilines is 1. The van der Waals surface area contributed by atoms with Crippen molar-refractivity contribution in [2.45, 2.75) is 12.8 Å². The molecule has 0 bridgehead atoms. The number of carbonyl (C=O) groups excluding carboxylic acids is 2. The second kappa shape index (κ2) is 8.69. The van der Waals surface area contributed by atoms with Crippen LogP contribution in [0.25, 0.3) is 0 Å². The minimum atomic E-state index is -0.653. The Morgan fingerprint density at radius 1 is 1.03 bits per heavy atom. The standard InChI is InChI=1S/C24H21N3O3/c1-17-9-11-18(12-10-17)30-15-14-25-16-21-19-6-2-3-7-20(19)23(28)27(24(21)29)22-8-4-5-13-26-22/h2-13,16,21H,14-15H2,1H3. The molecule has 0 saturated carbocycles. The van der Waals surface area contributed by atoms with Gasteiger partial charge in [-0.15, -0.1) is 0 Å². The van der Waals surface area contributed by atoms with Crippen molar-refractivity contribution in [1.29, 1.82) is 0 Å². The van der Waals surface area contributed by atoms with Gasteiger partial charge in [0.05, 0.1) is 12.5 Å². The third kappa shape index (κ3) is 3.98. The van der Waals surface area contributed by atoms with Crippen LogP contribution in [0.15, 0.2) is 77.9 Å². The number of aryl methyl sites for hydroxylation is 1. The second-order valence-electron chi connectivity index (χ2n) is 6.95. The first-order valence-corrected chi connectivity index (χ1v) is 9.73. The van der Waals surface area contributed by atoms with Gasteiger partial charge >= 0.3 is 0 Å². The van der Waals surface area contributed by atoms with Gasteiger partial charge in [0.1, 0.15) is 18.2 Å². The zero-order valence-electron chi connectivity index (χ0n) is 16.6. The topological polar surface area (TPSA) is 71.9 Å². The van der Waals surface area contributed by atoms with Crippen molar-refractivity contribution in [2.24, 2.45) is 4.99 Å².